The van der Waals surface area contributed by atoms with Crippen LogP contribution in [0.25, 0.3) is 5.70 Å². The molecule has 260 valence electrons. The summed E-state index contributed by atoms with van der Waals surface area (Å²) in [6.45, 7) is 18.9. The van der Waals surface area contributed by atoms with Crippen molar-refractivity contribution >= 4 is 40.6 Å². The summed E-state index contributed by atoms with van der Waals surface area (Å²) in [5.74, 6) is -0.0867. The van der Waals surface area contributed by atoms with E-state index in [9.17, 15) is 14.4 Å². The molecular formula is C37H58N5O4S+. The number of ether oxygens (including phenoxy) is 1. The molecule has 3 rings (SSSR count). The van der Waals surface area contributed by atoms with Crippen molar-refractivity contribution in [3.63, 3.8) is 0 Å². The number of amides is 3. The summed E-state index contributed by atoms with van der Waals surface area (Å²) >= 11 is 1.57. The third-order valence-corrected chi connectivity index (χ3v) is 9.56. The number of carbonyl (C=O) groups is 3. The second-order valence-electron chi connectivity index (χ2n) is 13.9. The van der Waals surface area contributed by atoms with Gasteiger partial charge in [0.25, 0.3) is 11.8 Å². The number of nitrogens with zero attached hydrogens (tertiary/aromatic N) is 2. The summed E-state index contributed by atoms with van der Waals surface area (Å²) in [6.07, 6.45) is 7.74. The average Bonchev–Trinajstić information content (AvgIpc) is 3.22. The third-order valence-electron chi connectivity index (χ3n) is 8.41. The Balaban J connectivity index is 1.51. The molecule has 2 heterocycles. The standard InChI is InChI=1S/C37H57N5O4S/c1-7-21-41(36(45)46-37(4,5)6)22-15-11-14-20-38-30(3)35-34(29(2)28-47-35)40-33(44)27-42(23-16-8-9-17-24-42)26-32(43)39-25-31-18-12-10-13-19-31/h10,12-13,18-19,28,38H,3,7-9,11,14-17,20-27H2,1-2,4-6H3,(H-,39,40,43,44)/p+1. The molecule has 10 heteroatoms. The molecule has 1 aromatic heterocycles. The Kier molecular flexibility index (Phi) is 15.3. The van der Waals surface area contributed by atoms with E-state index in [1.165, 1.54) is 0 Å². The van der Waals surface area contributed by atoms with Gasteiger partial charge in [0.1, 0.15) is 5.60 Å². The molecule has 0 radical (unpaired) electrons. The van der Waals surface area contributed by atoms with Gasteiger partial charge in [0.2, 0.25) is 0 Å². The second kappa shape index (κ2) is 18.8. The zero-order chi connectivity index (χ0) is 34.3. The highest BCUT2D eigenvalue weighted by molar-refractivity contribution is 7.11. The topological polar surface area (TPSA) is 99.8 Å². The first-order valence-electron chi connectivity index (χ1n) is 17.4. The maximum atomic E-state index is 13.6. The van der Waals surface area contributed by atoms with Crippen LogP contribution in [0.2, 0.25) is 0 Å². The zero-order valence-electron chi connectivity index (χ0n) is 29.4. The first kappa shape index (κ1) is 38.1. The van der Waals surface area contributed by atoms with E-state index in [2.05, 4.69) is 29.5 Å². The van der Waals surface area contributed by atoms with Crippen LogP contribution in [0, 0.1) is 6.92 Å². The molecule has 0 bridgehead atoms. The minimum absolute atomic E-state index is 0.0172. The Morgan fingerprint density at radius 2 is 1.62 bits per heavy atom. The summed E-state index contributed by atoms with van der Waals surface area (Å²) in [7, 11) is 0. The number of rotatable bonds is 17. The molecule has 0 unspecified atom stereocenters. The molecule has 0 atom stereocenters. The minimum atomic E-state index is -0.499. The minimum Gasteiger partial charge on any atom is -0.444 e. The van der Waals surface area contributed by atoms with Crippen molar-refractivity contribution in [2.24, 2.45) is 0 Å². The van der Waals surface area contributed by atoms with Gasteiger partial charge in [-0.15, -0.1) is 11.3 Å². The fourth-order valence-electron chi connectivity index (χ4n) is 6.01. The van der Waals surface area contributed by atoms with Gasteiger partial charge < -0.3 is 30.1 Å². The molecule has 3 N–H and O–H groups in total. The van der Waals surface area contributed by atoms with Gasteiger partial charge >= 0.3 is 6.09 Å². The van der Waals surface area contributed by atoms with Crippen molar-refractivity contribution in [2.45, 2.75) is 98.1 Å². The maximum absolute atomic E-state index is 13.6. The molecular weight excluding hydrogens is 611 g/mol. The summed E-state index contributed by atoms with van der Waals surface area (Å²) in [6, 6.07) is 9.91. The Labute approximate surface area is 286 Å². The van der Waals surface area contributed by atoms with Gasteiger partial charge in [-0.25, -0.2) is 4.79 Å². The number of hydrogen-bond acceptors (Lipinski definition) is 6. The van der Waals surface area contributed by atoms with Crippen LogP contribution in [0.4, 0.5) is 10.5 Å². The monoisotopic (exact) mass is 668 g/mol. The number of nitrogens with one attached hydrogen (secondary N) is 3. The molecule has 1 aromatic carbocycles. The van der Waals surface area contributed by atoms with E-state index in [0.717, 1.165) is 98.4 Å². The SMILES string of the molecule is C=C(NCCCCCN(CCC)C(=O)OC(C)(C)C)c1scc(C)c1NC(=O)C[N+]1(CC(=O)NCc2ccccc2)CCCCCC1. The van der Waals surface area contributed by atoms with Crippen molar-refractivity contribution in [1.82, 2.24) is 15.5 Å². The van der Waals surface area contributed by atoms with Gasteiger partial charge in [-0.2, -0.15) is 0 Å². The molecule has 9 nitrogen and oxygen atoms in total. The average molecular weight is 669 g/mol. The summed E-state index contributed by atoms with van der Waals surface area (Å²) in [4.78, 5) is 42.0. The van der Waals surface area contributed by atoms with Crippen LogP contribution in [-0.4, -0.2) is 78.7 Å². The van der Waals surface area contributed by atoms with Crippen LogP contribution in [0.1, 0.15) is 95.1 Å². The van der Waals surface area contributed by atoms with E-state index < -0.39 is 5.60 Å². The number of carbonyl (C=O) groups excluding carboxylic acids is 3. The van der Waals surface area contributed by atoms with Gasteiger partial charge in [-0.05, 0) is 95.6 Å². The number of likely N-dealkylation sites (tertiary alicyclic amines) is 1. The molecule has 0 spiro atoms. The number of quaternary nitrogens is 1. The lowest BCUT2D eigenvalue weighted by Gasteiger charge is -2.36. The predicted octanol–water partition coefficient (Wildman–Crippen LogP) is 7.08. The zero-order valence-corrected chi connectivity index (χ0v) is 30.2. The van der Waals surface area contributed by atoms with Crippen molar-refractivity contribution in [2.75, 3.05) is 51.1 Å². The summed E-state index contributed by atoms with van der Waals surface area (Å²) in [5, 5.41) is 11.8. The van der Waals surface area contributed by atoms with E-state index in [1.54, 1.807) is 16.2 Å². The van der Waals surface area contributed by atoms with E-state index in [0.29, 0.717) is 30.7 Å². The summed E-state index contributed by atoms with van der Waals surface area (Å²) in [5.41, 5.74) is 3.15. The molecule has 1 fully saturated rings. The first-order valence-corrected chi connectivity index (χ1v) is 18.2. The highest BCUT2D eigenvalue weighted by atomic mass is 32.1. The van der Waals surface area contributed by atoms with E-state index in [1.807, 2.05) is 63.4 Å². The van der Waals surface area contributed by atoms with Gasteiger partial charge in [0.15, 0.2) is 13.1 Å². The number of unbranched alkanes of at least 4 members (excludes halogenated alkanes) is 2. The number of benzene rings is 1. The third kappa shape index (κ3) is 13.3. The van der Waals surface area contributed by atoms with Gasteiger partial charge in [-0.1, -0.05) is 43.8 Å². The van der Waals surface area contributed by atoms with E-state index in [-0.39, 0.29) is 24.5 Å². The highest BCUT2D eigenvalue weighted by Gasteiger charge is 2.34. The van der Waals surface area contributed by atoms with Crippen molar-refractivity contribution in [3.05, 3.63) is 58.3 Å². The van der Waals surface area contributed by atoms with Crippen molar-refractivity contribution in [3.8, 4) is 0 Å². The van der Waals surface area contributed by atoms with Crippen LogP contribution in [-0.2, 0) is 20.9 Å². The quantitative estimate of drug-likeness (QED) is 0.124. The van der Waals surface area contributed by atoms with Gasteiger partial charge in [0, 0.05) is 31.9 Å². The lowest BCUT2D eigenvalue weighted by molar-refractivity contribution is -0.912. The lowest BCUT2D eigenvalue weighted by atomic mass is 10.2. The van der Waals surface area contributed by atoms with Crippen LogP contribution >= 0.6 is 11.3 Å². The van der Waals surface area contributed by atoms with Crippen LogP contribution in [0.3, 0.4) is 0 Å². The Morgan fingerprint density at radius 1 is 0.936 bits per heavy atom. The summed E-state index contributed by atoms with van der Waals surface area (Å²) < 4.78 is 6.04. The first-order chi connectivity index (χ1) is 22.4. The fraction of sp³-hybridized carbons (Fsp3) is 0.595. The predicted molar refractivity (Wildman–Crippen MR) is 193 cm³/mol. The molecule has 1 saturated heterocycles. The number of aryl methyl sites for hydroxylation is 1. The van der Waals surface area contributed by atoms with Gasteiger partial charge in [0.05, 0.1) is 23.7 Å². The molecule has 2 aromatic rings. The van der Waals surface area contributed by atoms with Crippen LogP contribution in [0.15, 0.2) is 42.3 Å². The maximum Gasteiger partial charge on any atom is 0.410 e. The molecule has 1 aliphatic heterocycles. The number of hydrogen-bond donors (Lipinski definition) is 3. The normalized spacial score (nSPS) is 14.5. The van der Waals surface area contributed by atoms with Crippen molar-refractivity contribution < 1.29 is 23.6 Å². The fourth-order valence-corrected chi connectivity index (χ4v) is 6.97. The number of anilines is 1. The number of thiophene rings is 1. The molecule has 47 heavy (non-hydrogen) atoms. The molecule has 0 saturated carbocycles. The Morgan fingerprint density at radius 3 is 2.28 bits per heavy atom. The van der Waals surface area contributed by atoms with Crippen LogP contribution < -0.4 is 16.0 Å². The van der Waals surface area contributed by atoms with Gasteiger partial charge in [-0.3, -0.25) is 9.59 Å². The largest absolute Gasteiger partial charge is 0.444 e. The highest BCUT2D eigenvalue weighted by Crippen LogP contribution is 2.32. The Hall–Kier alpha value is -3.37. The molecule has 1 aliphatic rings. The molecule has 0 aliphatic carbocycles. The Bertz CT molecular complexity index is 1300. The smallest absolute Gasteiger partial charge is 0.410 e. The second-order valence-corrected chi connectivity index (χ2v) is 14.8. The molecule has 3 amide bonds. The lowest BCUT2D eigenvalue weighted by Crippen LogP contribution is -2.57. The van der Waals surface area contributed by atoms with Crippen LogP contribution in [0.5, 0.6) is 0 Å². The van der Waals surface area contributed by atoms with Crippen molar-refractivity contribution in [1.29, 1.82) is 0 Å². The van der Waals surface area contributed by atoms with E-state index >= 15 is 0 Å². The van der Waals surface area contributed by atoms with E-state index in [4.69, 9.17) is 4.74 Å².